The number of allylic oxidation sites excluding steroid dienone is 2. The largest absolute Gasteiger partial charge is 0.469 e. The van der Waals surface area contributed by atoms with E-state index in [1.807, 2.05) is 6.08 Å². The molecule has 118 valence electrons. The molecule has 0 radical (unpaired) electrons. The van der Waals surface area contributed by atoms with Crippen molar-refractivity contribution in [1.29, 1.82) is 0 Å². The van der Waals surface area contributed by atoms with E-state index in [0.717, 1.165) is 13.0 Å². The molecule has 0 aromatic carbocycles. The molecule has 0 N–H and O–H groups in total. The molecular weight excluding hydrogens is 273 g/mol. The first kappa shape index (κ1) is 16.2. The van der Waals surface area contributed by atoms with Gasteiger partial charge in [0.05, 0.1) is 25.0 Å². The van der Waals surface area contributed by atoms with Crippen molar-refractivity contribution >= 4 is 5.97 Å². The standard InChI is InChI=1S/C16H24FNO3/c1-11-7-12(16(19)21-3)9-18(8-11)10-13-14(17)5-4-6-15(13)20-2/h4-6,11-13,15H,7-10H2,1-3H3. The van der Waals surface area contributed by atoms with Gasteiger partial charge in [0.2, 0.25) is 0 Å². The Bertz CT molecular complexity index is 435. The van der Waals surface area contributed by atoms with Crippen LogP contribution in [0.25, 0.3) is 0 Å². The van der Waals surface area contributed by atoms with Gasteiger partial charge in [-0.1, -0.05) is 19.1 Å². The molecule has 0 saturated carbocycles. The molecule has 1 saturated heterocycles. The highest BCUT2D eigenvalue weighted by Gasteiger charge is 2.34. The van der Waals surface area contributed by atoms with Gasteiger partial charge in [0, 0.05) is 26.7 Å². The average Bonchev–Trinajstić information content (AvgIpc) is 2.48. The van der Waals surface area contributed by atoms with Gasteiger partial charge in [-0.2, -0.15) is 0 Å². The zero-order valence-corrected chi connectivity index (χ0v) is 12.9. The summed E-state index contributed by atoms with van der Waals surface area (Å²) in [4.78, 5) is 13.9. The topological polar surface area (TPSA) is 38.8 Å². The lowest BCUT2D eigenvalue weighted by Crippen LogP contribution is -2.46. The summed E-state index contributed by atoms with van der Waals surface area (Å²) in [5, 5.41) is 0. The fourth-order valence-electron chi connectivity index (χ4n) is 3.33. The van der Waals surface area contributed by atoms with Crippen LogP contribution in [0.3, 0.4) is 0 Å². The number of piperidine rings is 1. The van der Waals surface area contributed by atoms with Crippen LogP contribution < -0.4 is 0 Å². The predicted octanol–water partition coefficient (Wildman–Crippen LogP) is 2.17. The zero-order chi connectivity index (χ0) is 15.4. The Labute approximate surface area is 125 Å². The molecule has 4 atom stereocenters. The molecule has 0 aromatic heterocycles. The molecule has 0 amide bonds. The van der Waals surface area contributed by atoms with Crippen molar-refractivity contribution < 1.29 is 18.7 Å². The summed E-state index contributed by atoms with van der Waals surface area (Å²) in [7, 11) is 3.01. The molecule has 0 aromatic rings. The van der Waals surface area contributed by atoms with Crippen LogP contribution in [0.4, 0.5) is 4.39 Å². The molecule has 4 unspecified atom stereocenters. The maximum Gasteiger partial charge on any atom is 0.309 e. The van der Waals surface area contributed by atoms with Crippen molar-refractivity contribution in [2.24, 2.45) is 17.8 Å². The minimum absolute atomic E-state index is 0.120. The van der Waals surface area contributed by atoms with Gasteiger partial charge in [-0.15, -0.1) is 0 Å². The normalized spacial score (nSPS) is 33.6. The van der Waals surface area contributed by atoms with Crippen LogP contribution >= 0.6 is 0 Å². The minimum atomic E-state index is -0.302. The molecule has 21 heavy (non-hydrogen) atoms. The fraction of sp³-hybridized carbons (Fsp3) is 0.688. The van der Waals surface area contributed by atoms with E-state index in [1.54, 1.807) is 13.2 Å². The predicted molar refractivity (Wildman–Crippen MR) is 78.3 cm³/mol. The Kier molecular flexibility index (Phi) is 5.53. The van der Waals surface area contributed by atoms with Crippen LogP contribution in [0, 0.1) is 17.8 Å². The average molecular weight is 297 g/mol. The highest BCUT2D eigenvalue weighted by molar-refractivity contribution is 5.72. The number of methoxy groups -OCH3 is 2. The van der Waals surface area contributed by atoms with Gasteiger partial charge in [-0.25, -0.2) is 4.39 Å². The number of rotatable bonds is 4. The van der Waals surface area contributed by atoms with Crippen LogP contribution in [0.5, 0.6) is 0 Å². The van der Waals surface area contributed by atoms with Gasteiger partial charge in [0.15, 0.2) is 0 Å². The van der Waals surface area contributed by atoms with E-state index in [4.69, 9.17) is 9.47 Å². The molecule has 4 nitrogen and oxygen atoms in total. The van der Waals surface area contributed by atoms with Crippen LogP contribution in [-0.4, -0.2) is 50.8 Å². The van der Waals surface area contributed by atoms with Gasteiger partial charge in [-0.05, 0) is 18.4 Å². The first-order valence-electron chi connectivity index (χ1n) is 7.42. The first-order chi connectivity index (χ1) is 10.0. The summed E-state index contributed by atoms with van der Waals surface area (Å²) in [6.07, 6.45) is 5.64. The van der Waals surface area contributed by atoms with E-state index >= 15 is 0 Å². The third kappa shape index (κ3) is 3.92. The molecule has 2 aliphatic rings. The van der Waals surface area contributed by atoms with Crippen molar-refractivity contribution in [2.45, 2.75) is 19.4 Å². The summed E-state index contributed by atoms with van der Waals surface area (Å²) in [6, 6.07) is 0. The van der Waals surface area contributed by atoms with Crippen molar-refractivity contribution in [3.8, 4) is 0 Å². The summed E-state index contributed by atoms with van der Waals surface area (Å²) < 4.78 is 24.3. The minimum Gasteiger partial charge on any atom is -0.469 e. The number of hydrogen-bond donors (Lipinski definition) is 0. The number of esters is 1. The highest BCUT2D eigenvalue weighted by Crippen LogP contribution is 2.29. The summed E-state index contributed by atoms with van der Waals surface area (Å²) in [5.74, 6) is -0.351. The molecule has 0 spiro atoms. The first-order valence-corrected chi connectivity index (χ1v) is 7.42. The van der Waals surface area contributed by atoms with Crippen LogP contribution in [0.1, 0.15) is 13.3 Å². The van der Waals surface area contributed by atoms with Crippen molar-refractivity contribution in [3.05, 3.63) is 24.1 Å². The number of nitrogens with zero attached hydrogens (tertiary/aromatic N) is 1. The van der Waals surface area contributed by atoms with E-state index in [0.29, 0.717) is 19.0 Å². The number of likely N-dealkylation sites (tertiary alicyclic amines) is 1. The Hall–Kier alpha value is -1.20. The van der Waals surface area contributed by atoms with E-state index in [9.17, 15) is 9.18 Å². The monoisotopic (exact) mass is 297 g/mol. The second kappa shape index (κ2) is 7.18. The smallest absolute Gasteiger partial charge is 0.309 e. The third-order valence-electron chi connectivity index (χ3n) is 4.30. The van der Waals surface area contributed by atoms with Gasteiger partial charge in [0.1, 0.15) is 5.83 Å². The molecule has 5 heteroatoms. The van der Waals surface area contributed by atoms with E-state index in [-0.39, 0.29) is 29.7 Å². The lowest BCUT2D eigenvalue weighted by Gasteiger charge is -2.38. The van der Waals surface area contributed by atoms with Crippen molar-refractivity contribution in [3.63, 3.8) is 0 Å². The Morgan fingerprint density at radius 1 is 1.43 bits per heavy atom. The van der Waals surface area contributed by atoms with Gasteiger partial charge < -0.3 is 14.4 Å². The van der Waals surface area contributed by atoms with Gasteiger partial charge >= 0.3 is 5.97 Å². The van der Waals surface area contributed by atoms with Crippen LogP contribution in [-0.2, 0) is 14.3 Å². The van der Waals surface area contributed by atoms with Crippen LogP contribution in [0.15, 0.2) is 24.1 Å². The molecule has 1 aliphatic heterocycles. The van der Waals surface area contributed by atoms with Crippen LogP contribution in [0.2, 0.25) is 0 Å². The quantitative estimate of drug-likeness (QED) is 0.746. The van der Waals surface area contributed by atoms with E-state index in [2.05, 4.69) is 11.8 Å². The summed E-state index contributed by atoms with van der Waals surface area (Å²) in [5.41, 5.74) is 0. The number of hydrogen-bond acceptors (Lipinski definition) is 4. The van der Waals surface area contributed by atoms with E-state index in [1.165, 1.54) is 13.2 Å². The van der Waals surface area contributed by atoms with Gasteiger partial charge in [-0.3, -0.25) is 4.79 Å². The molecule has 1 fully saturated rings. The van der Waals surface area contributed by atoms with Gasteiger partial charge in [0.25, 0.3) is 0 Å². The molecule has 1 aliphatic carbocycles. The van der Waals surface area contributed by atoms with E-state index < -0.39 is 0 Å². The van der Waals surface area contributed by atoms with Crippen molar-refractivity contribution in [2.75, 3.05) is 33.9 Å². The Morgan fingerprint density at radius 3 is 2.86 bits per heavy atom. The summed E-state index contributed by atoms with van der Waals surface area (Å²) in [6.45, 7) is 4.17. The lowest BCUT2D eigenvalue weighted by atomic mass is 9.88. The molecule has 2 rings (SSSR count). The highest BCUT2D eigenvalue weighted by atomic mass is 19.1. The fourth-order valence-corrected chi connectivity index (χ4v) is 3.33. The lowest BCUT2D eigenvalue weighted by molar-refractivity contribution is -0.148. The maximum atomic E-state index is 14.1. The maximum absolute atomic E-state index is 14.1. The Morgan fingerprint density at radius 2 is 2.19 bits per heavy atom. The number of halogens is 1. The zero-order valence-electron chi connectivity index (χ0n) is 12.9. The Balaban J connectivity index is 2.02. The molecule has 0 bridgehead atoms. The van der Waals surface area contributed by atoms with Crippen molar-refractivity contribution in [1.82, 2.24) is 4.90 Å². The second-order valence-corrected chi connectivity index (χ2v) is 6.02. The second-order valence-electron chi connectivity index (χ2n) is 6.02. The molecule has 1 heterocycles. The number of ether oxygens (including phenoxy) is 2. The number of carbonyl (C=O) groups excluding carboxylic acids is 1. The summed E-state index contributed by atoms with van der Waals surface area (Å²) >= 11 is 0. The third-order valence-corrected chi connectivity index (χ3v) is 4.30. The molecular formula is C16H24FNO3. The number of carbonyl (C=O) groups is 1. The SMILES string of the molecule is COC(=O)C1CC(C)CN(CC2C(F)=CC=CC2OC)C1.